The third kappa shape index (κ3) is 37.9. The number of hydrogen-bond donors (Lipinski definition) is 0. The van der Waals surface area contributed by atoms with Crippen LogP contribution < -0.4 is 4.39 Å². The number of hydrogen-bond acceptors (Lipinski definition) is 1. The Morgan fingerprint density at radius 3 is 1.23 bits per heavy atom. The fourth-order valence-corrected chi connectivity index (χ4v) is 1.90. The third-order valence-corrected chi connectivity index (χ3v) is 3.31. The predicted molar refractivity (Wildman–Crippen MR) is 93.2 cm³/mol. The minimum absolute atomic E-state index is 0.644. The summed E-state index contributed by atoms with van der Waals surface area (Å²) in [5, 5.41) is 0. The molecule has 2 aromatic carbocycles. The van der Waals surface area contributed by atoms with Crippen LogP contribution in [-0.2, 0) is 6.61 Å². The first kappa shape index (κ1) is 31.4. The van der Waals surface area contributed by atoms with Gasteiger partial charge in [0.1, 0.15) is 0 Å². The Kier molecular flexibility index (Phi) is 15.8. The van der Waals surface area contributed by atoms with Gasteiger partial charge in [0, 0.05) is 0 Å². The second kappa shape index (κ2) is 15.1. The second-order valence-electron chi connectivity index (χ2n) is 5.07. The van der Waals surface area contributed by atoms with Gasteiger partial charge in [0.05, 0.1) is 0 Å². The number of ether oxygens (including phenoxy) is 1. The van der Waals surface area contributed by atoms with Crippen molar-refractivity contribution < 1.29 is 56.5 Å². The van der Waals surface area contributed by atoms with Crippen molar-refractivity contribution in [3.63, 3.8) is 0 Å². The predicted octanol–water partition coefficient (Wildman–Crippen LogP) is 5.96. The van der Waals surface area contributed by atoms with Gasteiger partial charge in [0.2, 0.25) is 0 Å². The summed E-state index contributed by atoms with van der Waals surface area (Å²) in [6.07, 6.45) is 0. The molecule has 0 radical (unpaired) electrons. The SMILES string of the molecule is F[B-](F)(F)F.F[B-](F)(F)F.F[B-](F)(F)F.[K][c]1ccc(OCc2ccccc2)cc1. The Hall–Kier alpha value is -0.769. The molecule has 0 atom stereocenters. The first-order valence-electron chi connectivity index (χ1n) is 7.70. The molecule has 0 aliphatic carbocycles. The fourth-order valence-electron chi connectivity index (χ4n) is 1.38. The number of halogens is 12. The summed E-state index contributed by atoms with van der Waals surface area (Å²) in [5.41, 5.74) is 1.20. The van der Waals surface area contributed by atoms with Gasteiger partial charge in [0.25, 0.3) is 0 Å². The van der Waals surface area contributed by atoms with Crippen LogP contribution in [0.5, 0.6) is 5.75 Å². The summed E-state index contributed by atoms with van der Waals surface area (Å²) < 4.78 is 124. The first-order valence-corrected chi connectivity index (χ1v) is 9.26. The van der Waals surface area contributed by atoms with E-state index >= 15 is 0 Å². The van der Waals surface area contributed by atoms with Crippen LogP contribution in [0.25, 0.3) is 0 Å². The molecule has 0 heterocycles. The van der Waals surface area contributed by atoms with Gasteiger partial charge in [-0.05, 0) is 0 Å². The Labute approximate surface area is 198 Å². The van der Waals surface area contributed by atoms with Gasteiger partial charge in [0.15, 0.2) is 0 Å². The van der Waals surface area contributed by atoms with Gasteiger partial charge in [-0.3, -0.25) is 0 Å². The summed E-state index contributed by atoms with van der Waals surface area (Å²) in [6.45, 7) is 0.644. The average Bonchev–Trinajstić information content (AvgIpc) is 2.51. The van der Waals surface area contributed by atoms with Crippen molar-refractivity contribution in [1.82, 2.24) is 0 Å². The van der Waals surface area contributed by atoms with Crippen LogP contribution in [-0.4, -0.2) is 70.7 Å². The van der Waals surface area contributed by atoms with E-state index < -0.39 is 21.8 Å². The fraction of sp³-hybridized carbons (Fsp3) is 0.0769. The third-order valence-electron chi connectivity index (χ3n) is 2.27. The van der Waals surface area contributed by atoms with E-state index in [2.05, 4.69) is 24.3 Å². The topological polar surface area (TPSA) is 9.23 Å². The average molecular weight is 483 g/mol. The standard InChI is InChI=1S/C13H11O.3BF4.K/c1-3-7-12(8-4-1)11-14-13-9-5-2-6-10-13;3*2-1(3,4)5;/h1,3-10H,11H2;;;;/q;3*-1;. The van der Waals surface area contributed by atoms with Crippen LogP contribution in [0.15, 0.2) is 54.6 Å². The van der Waals surface area contributed by atoms with Gasteiger partial charge in [-0.1, -0.05) is 0 Å². The quantitative estimate of drug-likeness (QED) is 0.387. The Morgan fingerprint density at radius 1 is 0.567 bits per heavy atom. The molecule has 0 saturated heterocycles. The molecule has 0 aliphatic heterocycles. The van der Waals surface area contributed by atoms with Crippen molar-refractivity contribution >= 4 is 70.4 Å². The molecule has 0 amide bonds. The molecule has 0 bridgehead atoms. The van der Waals surface area contributed by atoms with E-state index in [0.29, 0.717) is 6.61 Å². The molecular formula is C13H11B3F12KO-3. The summed E-state index contributed by atoms with van der Waals surface area (Å²) in [5.74, 6) is 0.951. The van der Waals surface area contributed by atoms with E-state index in [1.807, 2.05) is 30.3 Å². The van der Waals surface area contributed by atoms with Crippen LogP contribution in [0, 0.1) is 0 Å². The molecule has 1 nitrogen and oxygen atoms in total. The molecule has 166 valence electrons. The van der Waals surface area contributed by atoms with Crippen molar-refractivity contribution in [2.24, 2.45) is 0 Å². The van der Waals surface area contributed by atoms with Crippen molar-refractivity contribution in [1.29, 1.82) is 0 Å². The molecule has 2 aromatic rings. The van der Waals surface area contributed by atoms with E-state index in [1.165, 1.54) is 5.22 Å². The maximum absolute atomic E-state index is 9.75. The van der Waals surface area contributed by atoms with Gasteiger partial charge in [-0.15, -0.1) is 0 Å². The minimum atomic E-state index is -6.00. The van der Waals surface area contributed by atoms with E-state index in [0.717, 1.165) is 54.7 Å². The first-order chi connectivity index (χ1) is 13.3. The van der Waals surface area contributed by atoms with Gasteiger partial charge < -0.3 is 51.8 Å². The van der Waals surface area contributed by atoms with Crippen LogP contribution >= 0.6 is 0 Å². The van der Waals surface area contributed by atoms with E-state index in [4.69, 9.17) is 4.74 Å². The molecular weight excluding hydrogens is 472 g/mol. The zero-order valence-corrected chi connectivity index (χ0v) is 18.2. The Morgan fingerprint density at radius 2 is 0.900 bits per heavy atom. The van der Waals surface area contributed by atoms with Crippen molar-refractivity contribution in [2.45, 2.75) is 6.61 Å². The molecule has 30 heavy (non-hydrogen) atoms. The zero-order chi connectivity index (χ0) is 24.0. The Bertz CT molecular complexity index is 630. The van der Waals surface area contributed by atoms with Crippen molar-refractivity contribution in [3.05, 3.63) is 60.2 Å². The molecule has 0 spiro atoms. The van der Waals surface area contributed by atoms with Crippen molar-refractivity contribution in [2.75, 3.05) is 0 Å². The maximum atomic E-state index is 9.75. The van der Waals surface area contributed by atoms with E-state index in [9.17, 15) is 51.8 Å². The molecule has 2 rings (SSSR count). The van der Waals surface area contributed by atoms with Crippen LogP contribution in [0.1, 0.15) is 5.56 Å². The number of benzene rings is 2. The second-order valence-corrected chi connectivity index (χ2v) is 6.88. The summed E-state index contributed by atoms with van der Waals surface area (Å²) in [7, 11) is -18.0. The Balaban J connectivity index is 0. The molecule has 0 fully saturated rings. The van der Waals surface area contributed by atoms with Crippen LogP contribution in [0.3, 0.4) is 0 Å². The van der Waals surface area contributed by atoms with Gasteiger partial charge in [-0.25, -0.2) is 0 Å². The monoisotopic (exact) mass is 483 g/mol. The normalized spacial score (nSPS) is 11.0. The number of rotatable bonds is 3. The van der Waals surface area contributed by atoms with Gasteiger partial charge in [-0.2, -0.15) is 0 Å². The zero-order valence-electron chi connectivity index (χ0n) is 15.1. The molecule has 17 heteroatoms. The molecule has 0 saturated carbocycles. The van der Waals surface area contributed by atoms with Crippen LogP contribution in [0.2, 0.25) is 0 Å². The molecule has 0 aliphatic rings. The van der Waals surface area contributed by atoms with Crippen molar-refractivity contribution in [3.8, 4) is 5.75 Å². The van der Waals surface area contributed by atoms with E-state index in [1.54, 1.807) is 0 Å². The molecule has 0 aromatic heterocycles. The summed E-state index contributed by atoms with van der Waals surface area (Å²) >= 11 is 0.755. The molecule has 0 unspecified atom stereocenters. The van der Waals surface area contributed by atoms with E-state index in [-0.39, 0.29) is 0 Å². The molecule has 0 N–H and O–H groups in total. The summed E-state index contributed by atoms with van der Waals surface area (Å²) in [6, 6.07) is 18.6. The summed E-state index contributed by atoms with van der Waals surface area (Å²) in [4.78, 5) is 0. The van der Waals surface area contributed by atoms with Crippen LogP contribution in [0.4, 0.5) is 51.8 Å². The van der Waals surface area contributed by atoms with Gasteiger partial charge >= 0.3 is 148 Å².